The third-order valence-electron chi connectivity index (χ3n) is 3.68. The molecule has 11 nitrogen and oxygen atoms in total. The van der Waals surface area contributed by atoms with Gasteiger partial charge in [0, 0.05) is 12.5 Å². The summed E-state index contributed by atoms with van der Waals surface area (Å²) in [6.07, 6.45) is -10.3. The fourth-order valence-electron chi connectivity index (χ4n) is 1.82. The van der Waals surface area contributed by atoms with Crippen molar-refractivity contribution in [3.8, 4) is 0 Å². The molecule has 0 fully saturated rings. The first kappa shape index (κ1) is 24.6. The summed E-state index contributed by atoms with van der Waals surface area (Å²) in [4.78, 5) is 9.42. The molecule has 11 heteroatoms. The lowest BCUT2D eigenvalue weighted by Gasteiger charge is -2.28. The van der Waals surface area contributed by atoms with Gasteiger partial charge < -0.3 is 45.6 Å². The van der Waals surface area contributed by atoms with E-state index in [1.54, 1.807) is 0 Å². The third kappa shape index (κ3) is 8.66. The number of aliphatic hydroxyl groups is 8. The van der Waals surface area contributed by atoms with Crippen molar-refractivity contribution in [1.82, 2.24) is 0 Å². The minimum absolute atomic E-state index is 0.383. The second-order valence-corrected chi connectivity index (χ2v) is 5.84. The molecule has 0 aliphatic carbocycles. The Bertz CT molecular complexity index is 332. The SMILES string of the molecule is CC(CO)C(O)C(O)C(O)COOC(C)C(O)C(O)C(O)COCO. The van der Waals surface area contributed by atoms with E-state index in [1.807, 2.05) is 0 Å². The molecule has 0 aliphatic heterocycles. The first-order chi connectivity index (χ1) is 11.7. The zero-order valence-electron chi connectivity index (χ0n) is 14.2. The van der Waals surface area contributed by atoms with Crippen LogP contribution in [0.25, 0.3) is 0 Å². The van der Waals surface area contributed by atoms with Crippen molar-refractivity contribution < 1.29 is 55.4 Å². The first-order valence-electron chi connectivity index (χ1n) is 7.83. The molecule has 0 aromatic heterocycles. The van der Waals surface area contributed by atoms with Gasteiger partial charge in [0.1, 0.15) is 50.0 Å². The Morgan fingerprint density at radius 1 is 0.720 bits per heavy atom. The Hall–Kier alpha value is -0.440. The van der Waals surface area contributed by atoms with E-state index in [4.69, 9.17) is 15.1 Å². The summed E-state index contributed by atoms with van der Waals surface area (Å²) in [7, 11) is 0. The Balaban J connectivity index is 4.25. The highest BCUT2D eigenvalue weighted by atomic mass is 17.2. The molecule has 0 radical (unpaired) electrons. The summed E-state index contributed by atoms with van der Waals surface area (Å²) >= 11 is 0. The van der Waals surface area contributed by atoms with Gasteiger partial charge in [-0.15, -0.1) is 0 Å². The van der Waals surface area contributed by atoms with E-state index in [0.29, 0.717) is 0 Å². The molecule has 0 aromatic rings. The van der Waals surface area contributed by atoms with Crippen LogP contribution in [0.15, 0.2) is 0 Å². The van der Waals surface area contributed by atoms with Crippen LogP contribution in [0.2, 0.25) is 0 Å². The second kappa shape index (κ2) is 12.8. The highest BCUT2D eigenvalue weighted by Gasteiger charge is 2.32. The van der Waals surface area contributed by atoms with Crippen LogP contribution >= 0.6 is 0 Å². The van der Waals surface area contributed by atoms with Crippen molar-refractivity contribution in [2.24, 2.45) is 5.92 Å². The zero-order chi connectivity index (χ0) is 19.6. The van der Waals surface area contributed by atoms with Gasteiger partial charge in [-0.1, -0.05) is 6.92 Å². The highest BCUT2D eigenvalue weighted by Crippen LogP contribution is 2.12. The normalized spacial score (nSPS) is 21.8. The van der Waals surface area contributed by atoms with Crippen LogP contribution in [-0.4, -0.2) is 110 Å². The van der Waals surface area contributed by atoms with Gasteiger partial charge >= 0.3 is 0 Å². The van der Waals surface area contributed by atoms with Crippen molar-refractivity contribution in [2.45, 2.75) is 56.6 Å². The molecule has 0 aromatic carbocycles. The van der Waals surface area contributed by atoms with E-state index < -0.39 is 68.7 Å². The minimum atomic E-state index is -1.65. The van der Waals surface area contributed by atoms with Gasteiger partial charge in [0.15, 0.2) is 0 Å². The van der Waals surface area contributed by atoms with Gasteiger partial charge in [0.25, 0.3) is 0 Å². The topological polar surface area (TPSA) is 190 Å². The zero-order valence-corrected chi connectivity index (χ0v) is 14.2. The Morgan fingerprint density at radius 3 is 1.76 bits per heavy atom. The molecule has 0 amide bonds. The summed E-state index contributed by atoms with van der Waals surface area (Å²) in [5, 5.41) is 75.4. The lowest BCUT2D eigenvalue weighted by atomic mass is 9.97. The molecule has 152 valence electrons. The predicted octanol–water partition coefficient (Wildman–Crippen LogP) is -3.92. The average molecular weight is 374 g/mol. The molecule has 8 N–H and O–H groups in total. The van der Waals surface area contributed by atoms with E-state index in [9.17, 15) is 30.6 Å². The quantitative estimate of drug-likeness (QED) is 0.0842. The number of rotatable bonds is 14. The van der Waals surface area contributed by atoms with E-state index in [2.05, 4.69) is 9.62 Å². The molecular weight excluding hydrogens is 344 g/mol. The summed E-state index contributed by atoms with van der Waals surface area (Å²) in [6, 6.07) is 0. The Morgan fingerprint density at radius 2 is 1.24 bits per heavy atom. The first-order valence-corrected chi connectivity index (χ1v) is 7.83. The number of hydrogen-bond donors (Lipinski definition) is 8. The fraction of sp³-hybridized carbons (Fsp3) is 1.00. The molecule has 0 heterocycles. The van der Waals surface area contributed by atoms with Crippen LogP contribution in [0.4, 0.5) is 0 Å². The monoisotopic (exact) mass is 374 g/mol. The van der Waals surface area contributed by atoms with Crippen LogP contribution in [0.1, 0.15) is 13.8 Å². The van der Waals surface area contributed by atoms with Crippen LogP contribution < -0.4 is 0 Å². The third-order valence-corrected chi connectivity index (χ3v) is 3.68. The summed E-state index contributed by atoms with van der Waals surface area (Å²) < 4.78 is 4.50. The number of hydrogen-bond acceptors (Lipinski definition) is 11. The standard InChI is InChI=1S/C14H30O11/c1-7(3-15)11(19)13(21)10(18)5-24-25-8(2)12(20)14(22)9(17)4-23-6-16/h7-22H,3-6H2,1-2H3. The number of ether oxygens (including phenoxy) is 1. The van der Waals surface area contributed by atoms with Crippen LogP contribution in [0.5, 0.6) is 0 Å². The van der Waals surface area contributed by atoms with Crippen molar-refractivity contribution in [3.05, 3.63) is 0 Å². The average Bonchev–Trinajstić information content (AvgIpc) is 2.62. The molecule has 8 atom stereocenters. The molecule has 0 rings (SSSR count). The van der Waals surface area contributed by atoms with E-state index in [-0.39, 0.29) is 6.61 Å². The molecule has 0 bridgehead atoms. The van der Waals surface area contributed by atoms with Crippen LogP contribution in [-0.2, 0) is 14.5 Å². The van der Waals surface area contributed by atoms with Crippen LogP contribution in [0.3, 0.4) is 0 Å². The molecule has 0 aliphatic rings. The largest absolute Gasteiger partial charge is 0.396 e. The lowest BCUT2D eigenvalue weighted by Crippen LogP contribution is -2.47. The van der Waals surface area contributed by atoms with E-state index in [0.717, 1.165) is 0 Å². The van der Waals surface area contributed by atoms with Crippen molar-refractivity contribution >= 4 is 0 Å². The Kier molecular flexibility index (Phi) is 12.6. The molecule has 8 unspecified atom stereocenters. The van der Waals surface area contributed by atoms with Gasteiger partial charge in [0.2, 0.25) is 0 Å². The minimum Gasteiger partial charge on any atom is -0.396 e. The Labute approximate surface area is 145 Å². The van der Waals surface area contributed by atoms with Crippen molar-refractivity contribution in [3.63, 3.8) is 0 Å². The van der Waals surface area contributed by atoms with Crippen LogP contribution in [0, 0.1) is 5.92 Å². The van der Waals surface area contributed by atoms with Crippen molar-refractivity contribution in [1.29, 1.82) is 0 Å². The summed E-state index contributed by atoms with van der Waals surface area (Å²) in [5.41, 5.74) is 0. The molecular formula is C14H30O11. The smallest absolute Gasteiger partial charge is 0.143 e. The fourth-order valence-corrected chi connectivity index (χ4v) is 1.82. The second-order valence-electron chi connectivity index (χ2n) is 5.84. The maximum absolute atomic E-state index is 9.81. The van der Waals surface area contributed by atoms with E-state index in [1.165, 1.54) is 13.8 Å². The molecule has 0 saturated carbocycles. The van der Waals surface area contributed by atoms with Crippen molar-refractivity contribution in [2.75, 3.05) is 26.6 Å². The van der Waals surface area contributed by atoms with Gasteiger partial charge in [-0.3, -0.25) is 0 Å². The highest BCUT2D eigenvalue weighted by molar-refractivity contribution is 4.80. The predicted molar refractivity (Wildman–Crippen MR) is 81.8 cm³/mol. The summed E-state index contributed by atoms with van der Waals surface area (Å²) in [5.74, 6) is -0.663. The van der Waals surface area contributed by atoms with E-state index >= 15 is 0 Å². The molecule has 25 heavy (non-hydrogen) atoms. The summed E-state index contributed by atoms with van der Waals surface area (Å²) in [6.45, 7) is 0.790. The number of aliphatic hydroxyl groups excluding tert-OH is 8. The van der Waals surface area contributed by atoms with Gasteiger partial charge in [-0.05, 0) is 6.92 Å². The van der Waals surface area contributed by atoms with Gasteiger partial charge in [0.05, 0.1) is 12.7 Å². The lowest BCUT2D eigenvalue weighted by molar-refractivity contribution is -0.351. The van der Waals surface area contributed by atoms with Gasteiger partial charge in [-0.25, -0.2) is 9.78 Å². The molecule has 0 spiro atoms. The molecule has 0 saturated heterocycles. The maximum Gasteiger partial charge on any atom is 0.143 e. The van der Waals surface area contributed by atoms with Gasteiger partial charge in [-0.2, -0.15) is 0 Å². The maximum atomic E-state index is 9.81.